The van der Waals surface area contributed by atoms with Gasteiger partial charge in [0.25, 0.3) is 0 Å². The zero-order valence-corrected chi connectivity index (χ0v) is 14.3. The monoisotopic (exact) mass is 433 g/mol. The largest absolute Gasteiger partial charge is 0.378 e. The Kier molecular flexibility index (Phi) is 5.12. The first kappa shape index (κ1) is 14.7. The van der Waals surface area contributed by atoms with Gasteiger partial charge in [0.2, 0.25) is 0 Å². The summed E-state index contributed by atoms with van der Waals surface area (Å²) in [5, 5.41) is 3.09. The first-order valence-corrected chi connectivity index (χ1v) is 7.52. The Hall–Kier alpha value is -0.730. The van der Waals surface area contributed by atoms with Crippen LogP contribution in [-0.2, 0) is 11.3 Å². The normalized spacial score (nSPS) is 10.5. The van der Waals surface area contributed by atoms with E-state index in [0.717, 1.165) is 25.1 Å². The van der Waals surface area contributed by atoms with Gasteiger partial charge in [-0.05, 0) is 28.7 Å². The summed E-state index contributed by atoms with van der Waals surface area (Å²) in [4.78, 5) is 9.14. The molecule has 0 saturated carbocycles. The Bertz CT molecular complexity index is 592. The molecular weight excluding hydrogens is 421 g/mol. The molecule has 2 rings (SSSR count). The van der Waals surface area contributed by atoms with E-state index in [-0.39, 0.29) is 0 Å². The smallest absolute Gasteiger partial charge is 0.163 e. The molecule has 0 aliphatic heterocycles. The van der Waals surface area contributed by atoms with Gasteiger partial charge in [0.1, 0.15) is 5.82 Å². The quantitative estimate of drug-likeness (QED) is 0.747. The molecule has 0 spiro atoms. The van der Waals surface area contributed by atoms with Crippen LogP contribution in [0.15, 0.2) is 28.7 Å². The maximum Gasteiger partial charge on any atom is 0.163 e. The van der Waals surface area contributed by atoms with Crippen molar-refractivity contribution in [2.75, 3.05) is 19.5 Å². The van der Waals surface area contributed by atoms with Gasteiger partial charge in [-0.2, -0.15) is 0 Å². The molecule has 4 nitrogen and oxygen atoms in total. The number of nitrogens with zero attached hydrogens (tertiary/aromatic N) is 2. The van der Waals surface area contributed by atoms with E-state index in [4.69, 9.17) is 4.74 Å². The van der Waals surface area contributed by atoms with Crippen molar-refractivity contribution >= 4 is 44.3 Å². The molecule has 1 heterocycles. The highest BCUT2D eigenvalue weighted by molar-refractivity contribution is 14.1. The lowest BCUT2D eigenvalue weighted by atomic mass is 10.2. The minimum absolute atomic E-state index is 0.465. The van der Waals surface area contributed by atoms with Crippen LogP contribution in [-0.4, -0.2) is 24.1 Å². The molecule has 0 fully saturated rings. The van der Waals surface area contributed by atoms with Gasteiger partial charge >= 0.3 is 0 Å². The van der Waals surface area contributed by atoms with E-state index in [1.807, 2.05) is 31.3 Å². The van der Waals surface area contributed by atoms with Gasteiger partial charge in [-0.15, -0.1) is 0 Å². The van der Waals surface area contributed by atoms with Crippen LogP contribution in [0.3, 0.4) is 0 Å². The molecule has 19 heavy (non-hydrogen) atoms. The minimum Gasteiger partial charge on any atom is -0.378 e. The lowest BCUT2D eigenvalue weighted by molar-refractivity contribution is 0.181. The van der Waals surface area contributed by atoms with Crippen LogP contribution < -0.4 is 5.32 Å². The predicted octanol–water partition coefficient (Wildman–Crippen LogP) is 3.70. The second-order valence-corrected chi connectivity index (χ2v) is 5.75. The zero-order chi connectivity index (χ0) is 13.8. The highest BCUT2D eigenvalue weighted by atomic mass is 127. The van der Waals surface area contributed by atoms with Crippen molar-refractivity contribution in [3.63, 3.8) is 0 Å². The third-order valence-electron chi connectivity index (χ3n) is 2.55. The maximum absolute atomic E-state index is 5.19. The van der Waals surface area contributed by atoms with Gasteiger partial charge in [0.15, 0.2) is 5.82 Å². The summed E-state index contributed by atoms with van der Waals surface area (Å²) in [5.41, 5.74) is 1.85. The molecule has 2 aromatic rings. The van der Waals surface area contributed by atoms with Crippen LogP contribution in [0.4, 0.5) is 5.82 Å². The number of benzene rings is 1. The molecule has 0 aliphatic carbocycles. The molecule has 0 unspecified atom stereocenters. The lowest BCUT2D eigenvalue weighted by Crippen LogP contribution is -2.06. The van der Waals surface area contributed by atoms with E-state index in [1.54, 1.807) is 7.11 Å². The fraction of sp³-hybridized carbons (Fsp3) is 0.231. The average Bonchev–Trinajstić information content (AvgIpc) is 2.42. The Morgan fingerprint density at radius 2 is 2.05 bits per heavy atom. The molecular formula is C13H13BrIN3O. The molecule has 0 bridgehead atoms. The van der Waals surface area contributed by atoms with Gasteiger partial charge in [0, 0.05) is 24.2 Å². The molecule has 100 valence electrons. The summed E-state index contributed by atoms with van der Waals surface area (Å²) in [5.74, 6) is 1.50. The molecule has 0 radical (unpaired) electrons. The average molecular weight is 434 g/mol. The third kappa shape index (κ3) is 3.24. The maximum atomic E-state index is 5.19. The SMILES string of the molecule is CNc1nc(-c2ccccc2Br)nc(COC)c1I. The predicted molar refractivity (Wildman–Crippen MR) is 88.1 cm³/mol. The van der Waals surface area contributed by atoms with E-state index in [9.17, 15) is 0 Å². The highest BCUT2D eigenvalue weighted by Crippen LogP contribution is 2.28. The van der Waals surface area contributed by atoms with E-state index >= 15 is 0 Å². The van der Waals surface area contributed by atoms with Crippen LogP contribution in [0.5, 0.6) is 0 Å². The molecule has 0 amide bonds. The zero-order valence-electron chi connectivity index (χ0n) is 10.6. The highest BCUT2D eigenvalue weighted by Gasteiger charge is 2.13. The molecule has 0 saturated heterocycles. The van der Waals surface area contributed by atoms with Gasteiger partial charge in [-0.3, -0.25) is 0 Å². The topological polar surface area (TPSA) is 47.0 Å². The van der Waals surface area contributed by atoms with Crippen molar-refractivity contribution < 1.29 is 4.74 Å². The van der Waals surface area contributed by atoms with E-state index < -0.39 is 0 Å². The van der Waals surface area contributed by atoms with Crippen molar-refractivity contribution in [3.8, 4) is 11.4 Å². The molecule has 1 aromatic carbocycles. The molecule has 0 atom stereocenters. The fourth-order valence-corrected chi connectivity index (χ4v) is 2.78. The number of ether oxygens (including phenoxy) is 1. The number of rotatable bonds is 4. The second kappa shape index (κ2) is 6.62. The van der Waals surface area contributed by atoms with E-state index in [0.29, 0.717) is 12.4 Å². The Balaban J connectivity index is 2.58. The first-order valence-electron chi connectivity index (χ1n) is 5.65. The number of hydrogen-bond donors (Lipinski definition) is 1. The van der Waals surface area contributed by atoms with Crippen LogP contribution >= 0.6 is 38.5 Å². The van der Waals surface area contributed by atoms with Gasteiger partial charge in [0.05, 0.1) is 15.9 Å². The number of hydrogen-bond acceptors (Lipinski definition) is 4. The Morgan fingerprint density at radius 1 is 1.32 bits per heavy atom. The number of aromatic nitrogens is 2. The lowest BCUT2D eigenvalue weighted by Gasteiger charge is -2.11. The molecule has 6 heteroatoms. The summed E-state index contributed by atoms with van der Waals surface area (Å²) in [6.45, 7) is 0.465. The third-order valence-corrected chi connectivity index (χ3v) is 4.38. The summed E-state index contributed by atoms with van der Waals surface area (Å²) < 4.78 is 7.15. The first-order chi connectivity index (χ1) is 9.17. The van der Waals surface area contributed by atoms with Crippen molar-refractivity contribution in [2.24, 2.45) is 0 Å². The van der Waals surface area contributed by atoms with Crippen molar-refractivity contribution in [3.05, 3.63) is 38.0 Å². The molecule has 1 aromatic heterocycles. The van der Waals surface area contributed by atoms with Crippen molar-refractivity contribution in [1.29, 1.82) is 0 Å². The standard InChI is InChI=1S/C13H13BrIN3O/c1-16-13-11(15)10(7-19-2)17-12(18-13)8-5-3-4-6-9(8)14/h3-6H,7H2,1-2H3,(H,16,17,18). The summed E-state index contributed by atoms with van der Waals surface area (Å²) in [6, 6.07) is 7.90. The Morgan fingerprint density at radius 3 is 2.68 bits per heavy atom. The summed E-state index contributed by atoms with van der Waals surface area (Å²) >= 11 is 5.76. The van der Waals surface area contributed by atoms with Crippen molar-refractivity contribution in [2.45, 2.75) is 6.61 Å². The van der Waals surface area contributed by atoms with Crippen LogP contribution in [0.1, 0.15) is 5.69 Å². The number of methoxy groups -OCH3 is 1. The summed E-state index contributed by atoms with van der Waals surface area (Å²) in [7, 11) is 3.51. The second-order valence-electron chi connectivity index (χ2n) is 3.82. The number of halogens is 2. The van der Waals surface area contributed by atoms with Crippen LogP contribution in [0, 0.1) is 3.57 Å². The fourth-order valence-electron chi connectivity index (χ4n) is 1.65. The van der Waals surface area contributed by atoms with Crippen LogP contribution in [0.2, 0.25) is 0 Å². The van der Waals surface area contributed by atoms with E-state index in [1.165, 1.54) is 0 Å². The van der Waals surface area contributed by atoms with Gasteiger partial charge in [-0.1, -0.05) is 34.1 Å². The van der Waals surface area contributed by atoms with Gasteiger partial charge in [-0.25, -0.2) is 9.97 Å². The number of nitrogens with one attached hydrogen (secondary N) is 1. The van der Waals surface area contributed by atoms with Gasteiger partial charge < -0.3 is 10.1 Å². The number of anilines is 1. The molecule has 0 aliphatic rings. The summed E-state index contributed by atoms with van der Waals surface area (Å²) in [6.07, 6.45) is 0. The van der Waals surface area contributed by atoms with Crippen molar-refractivity contribution in [1.82, 2.24) is 9.97 Å². The Labute approximate surface area is 134 Å². The van der Waals surface area contributed by atoms with Crippen LogP contribution in [0.25, 0.3) is 11.4 Å². The molecule has 1 N–H and O–H groups in total. The van der Waals surface area contributed by atoms with E-state index in [2.05, 4.69) is 53.8 Å². The minimum atomic E-state index is 0.465.